The van der Waals surface area contributed by atoms with E-state index in [0.29, 0.717) is 35.9 Å². The molecule has 1 saturated heterocycles. The Balaban J connectivity index is 1.56. The van der Waals surface area contributed by atoms with Crippen molar-refractivity contribution < 1.29 is 33.0 Å². The van der Waals surface area contributed by atoms with Crippen LogP contribution in [-0.4, -0.2) is 36.2 Å². The minimum absolute atomic E-state index is 0.00331. The van der Waals surface area contributed by atoms with Crippen molar-refractivity contribution in [2.75, 3.05) is 14.2 Å². The zero-order valence-corrected chi connectivity index (χ0v) is 21.2. The summed E-state index contributed by atoms with van der Waals surface area (Å²) in [5.74, 6) is 0.290. The molecule has 0 bridgehead atoms. The van der Waals surface area contributed by atoms with Crippen molar-refractivity contribution in [2.24, 2.45) is 0 Å². The lowest BCUT2D eigenvalue weighted by molar-refractivity contribution is -0.123. The highest BCUT2D eigenvalue weighted by Gasteiger charge is 2.36. The molecule has 2 aromatic carbocycles. The number of thioether (sulfide) groups is 1. The molecule has 3 aromatic rings. The van der Waals surface area contributed by atoms with E-state index in [4.69, 9.17) is 13.9 Å². The van der Waals surface area contributed by atoms with E-state index in [9.17, 15) is 14.4 Å². The maximum atomic E-state index is 13.0. The largest absolute Gasteiger partial charge is 0.493 e. The Morgan fingerprint density at radius 3 is 2.59 bits per heavy atom. The second-order valence-corrected chi connectivity index (χ2v) is 9.00. The van der Waals surface area contributed by atoms with Crippen molar-refractivity contribution >= 4 is 35.0 Å². The van der Waals surface area contributed by atoms with Crippen molar-refractivity contribution in [3.63, 3.8) is 0 Å². The number of hydrogen-bond donors (Lipinski definition) is 0. The number of carbonyl (C=O) groups excluding carboxylic acids is 3. The van der Waals surface area contributed by atoms with E-state index in [0.717, 1.165) is 27.8 Å². The molecule has 0 radical (unpaired) electrons. The van der Waals surface area contributed by atoms with E-state index in [1.807, 2.05) is 36.4 Å². The fourth-order valence-electron chi connectivity index (χ4n) is 3.74. The van der Waals surface area contributed by atoms with Crippen LogP contribution in [-0.2, 0) is 29.1 Å². The van der Waals surface area contributed by atoms with Crippen LogP contribution < -0.4 is 9.47 Å². The molecular weight excluding hydrogens is 494 g/mol. The van der Waals surface area contributed by atoms with Crippen LogP contribution in [0, 0.1) is 0 Å². The van der Waals surface area contributed by atoms with Gasteiger partial charge in [0.05, 0.1) is 25.7 Å². The third kappa shape index (κ3) is 5.95. The molecule has 0 N–H and O–H groups in total. The molecule has 0 spiro atoms. The zero-order chi connectivity index (χ0) is 26.4. The Kier molecular flexibility index (Phi) is 8.15. The molecule has 0 unspecified atom stereocenters. The number of imide groups is 1. The quantitative estimate of drug-likeness (QED) is 0.194. The summed E-state index contributed by atoms with van der Waals surface area (Å²) in [5.41, 5.74) is 2.53. The number of esters is 1. The van der Waals surface area contributed by atoms with Crippen LogP contribution in [0.15, 0.2) is 76.6 Å². The molecule has 2 amide bonds. The van der Waals surface area contributed by atoms with Crippen LogP contribution in [0.25, 0.3) is 6.08 Å². The van der Waals surface area contributed by atoms with Gasteiger partial charge in [-0.2, -0.15) is 0 Å². The monoisotopic (exact) mass is 519 g/mol. The molecule has 1 aliphatic heterocycles. The molecule has 1 aromatic heterocycles. The summed E-state index contributed by atoms with van der Waals surface area (Å²) in [6.45, 7) is 4.10. The second kappa shape index (κ2) is 11.7. The maximum absolute atomic E-state index is 13.0. The Morgan fingerprint density at radius 1 is 1.11 bits per heavy atom. The Bertz CT molecular complexity index is 1360. The van der Waals surface area contributed by atoms with Gasteiger partial charge in [-0.3, -0.25) is 14.5 Å². The maximum Gasteiger partial charge on any atom is 0.373 e. The van der Waals surface area contributed by atoms with Crippen LogP contribution in [0.1, 0.15) is 33.0 Å². The summed E-state index contributed by atoms with van der Waals surface area (Å²) in [5, 5.41) is -0.437. The first-order valence-corrected chi connectivity index (χ1v) is 12.2. The molecule has 1 fully saturated rings. The van der Waals surface area contributed by atoms with Crippen LogP contribution in [0.4, 0.5) is 4.79 Å². The third-order valence-electron chi connectivity index (χ3n) is 5.50. The smallest absolute Gasteiger partial charge is 0.373 e. The normalized spacial score (nSPS) is 14.2. The van der Waals surface area contributed by atoms with E-state index in [-0.39, 0.29) is 17.2 Å². The van der Waals surface area contributed by atoms with Crippen molar-refractivity contribution in [1.29, 1.82) is 0 Å². The summed E-state index contributed by atoms with van der Waals surface area (Å²) in [4.78, 5) is 38.5. The lowest BCUT2D eigenvalue weighted by atomic mass is 10.0. The molecule has 2 heterocycles. The zero-order valence-electron chi connectivity index (χ0n) is 20.4. The minimum atomic E-state index is -0.638. The number of ether oxygens (including phenoxy) is 3. The van der Waals surface area contributed by atoms with Crippen molar-refractivity contribution in [2.45, 2.75) is 19.6 Å². The molecule has 37 heavy (non-hydrogen) atoms. The van der Waals surface area contributed by atoms with Gasteiger partial charge in [-0.05, 0) is 59.7 Å². The highest BCUT2D eigenvalue weighted by Crippen LogP contribution is 2.38. The van der Waals surface area contributed by atoms with E-state index in [1.54, 1.807) is 25.3 Å². The van der Waals surface area contributed by atoms with Gasteiger partial charge in [0.2, 0.25) is 5.76 Å². The number of allylic oxidation sites excluding steroid dienone is 1. The molecule has 1 aliphatic rings. The number of carbonyl (C=O) groups is 3. The van der Waals surface area contributed by atoms with Crippen LogP contribution in [0.3, 0.4) is 0 Å². The average Bonchev–Trinajstić information content (AvgIpc) is 3.48. The third-order valence-corrected chi connectivity index (χ3v) is 6.41. The number of rotatable bonds is 10. The number of benzene rings is 2. The molecule has 4 rings (SSSR count). The Morgan fingerprint density at radius 2 is 1.89 bits per heavy atom. The molecule has 0 aliphatic carbocycles. The Hall–Kier alpha value is -4.24. The summed E-state index contributed by atoms with van der Waals surface area (Å²) in [6.07, 6.45) is 3.92. The first-order valence-electron chi connectivity index (χ1n) is 11.3. The van der Waals surface area contributed by atoms with Gasteiger partial charge in [-0.15, -0.1) is 6.58 Å². The SMILES string of the molecule is C=CCc1cc(/C=C2/SC(=O)N(Cc3ccc(C(=O)OC)o3)C2=O)cc(OC)c1OCc1ccccc1. The molecule has 190 valence electrons. The van der Waals surface area contributed by atoms with Gasteiger partial charge in [-0.25, -0.2) is 4.79 Å². The fraction of sp³-hybridized carbons (Fsp3) is 0.179. The van der Waals surface area contributed by atoms with Gasteiger partial charge in [-0.1, -0.05) is 36.4 Å². The fourth-order valence-corrected chi connectivity index (χ4v) is 4.57. The predicted octanol–water partition coefficient (Wildman–Crippen LogP) is 5.62. The highest BCUT2D eigenvalue weighted by molar-refractivity contribution is 8.18. The highest BCUT2D eigenvalue weighted by atomic mass is 32.2. The van der Waals surface area contributed by atoms with E-state index >= 15 is 0 Å². The number of furan rings is 1. The molecule has 0 atom stereocenters. The lowest BCUT2D eigenvalue weighted by Gasteiger charge is -2.16. The number of nitrogens with zero attached hydrogens (tertiary/aromatic N) is 1. The van der Waals surface area contributed by atoms with Gasteiger partial charge in [0, 0.05) is 5.56 Å². The van der Waals surface area contributed by atoms with Crippen LogP contribution >= 0.6 is 11.8 Å². The van der Waals surface area contributed by atoms with Crippen molar-refractivity contribution in [3.8, 4) is 11.5 Å². The number of methoxy groups -OCH3 is 2. The van der Waals surface area contributed by atoms with Gasteiger partial charge in [0.15, 0.2) is 11.5 Å². The average molecular weight is 520 g/mol. The molecule has 8 nitrogen and oxygen atoms in total. The topological polar surface area (TPSA) is 95.3 Å². The van der Waals surface area contributed by atoms with E-state index in [2.05, 4.69) is 11.3 Å². The first-order chi connectivity index (χ1) is 17.9. The number of hydrogen-bond acceptors (Lipinski definition) is 8. The first kappa shape index (κ1) is 25.8. The van der Waals surface area contributed by atoms with Crippen LogP contribution in [0.2, 0.25) is 0 Å². The Labute approximate surface area is 218 Å². The lowest BCUT2D eigenvalue weighted by Crippen LogP contribution is -2.27. The van der Waals surface area contributed by atoms with Crippen LogP contribution in [0.5, 0.6) is 11.5 Å². The van der Waals surface area contributed by atoms with Crippen molar-refractivity contribution in [3.05, 3.63) is 100 Å². The molecule has 9 heteroatoms. The summed E-state index contributed by atoms with van der Waals surface area (Å²) in [6, 6.07) is 16.4. The number of amides is 2. The van der Waals surface area contributed by atoms with Gasteiger partial charge < -0.3 is 18.6 Å². The summed E-state index contributed by atoms with van der Waals surface area (Å²) >= 11 is 0.831. The second-order valence-electron chi connectivity index (χ2n) is 8.00. The minimum Gasteiger partial charge on any atom is -0.493 e. The van der Waals surface area contributed by atoms with Gasteiger partial charge in [0.1, 0.15) is 12.4 Å². The van der Waals surface area contributed by atoms with E-state index in [1.165, 1.54) is 19.2 Å². The van der Waals surface area contributed by atoms with E-state index < -0.39 is 17.1 Å². The summed E-state index contributed by atoms with van der Waals surface area (Å²) in [7, 11) is 2.79. The predicted molar refractivity (Wildman–Crippen MR) is 139 cm³/mol. The standard InChI is InChI=1S/C28H25NO7S/c1-4-8-20-13-19(14-23(33-2)25(20)35-17-18-9-6-5-7-10-18)15-24-26(30)29(28(32)37-24)16-21-11-12-22(36-21)27(31)34-3/h4-7,9-15H,1,8,16-17H2,2-3H3/b24-15+. The van der Waals surface area contributed by atoms with Crippen molar-refractivity contribution in [1.82, 2.24) is 4.90 Å². The molecular formula is C28H25NO7S. The summed E-state index contributed by atoms with van der Waals surface area (Å²) < 4.78 is 21.7. The molecule has 0 saturated carbocycles. The van der Waals surface area contributed by atoms with Gasteiger partial charge >= 0.3 is 5.97 Å². The van der Waals surface area contributed by atoms with Gasteiger partial charge in [0.25, 0.3) is 11.1 Å².